The number of esters is 1. The van der Waals surface area contributed by atoms with E-state index >= 15 is 0 Å². The summed E-state index contributed by atoms with van der Waals surface area (Å²) in [6.07, 6.45) is 1.37. The molecule has 0 aliphatic rings. The molecule has 0 atom stereocenters. The number of hydrogen-bond donors (Lipinski definition) is 0. The molecular formula is C14H15NO5. The normalized spacial score (nSPS) is 10.4. The van der Waals surface area contributed by atoms with Crippen molar-refractivity contribution in [3.8, 4) is 23.3 Å². The van der Waals surface area contributed by atoms with Crippen LogP contribution in [-0.2, 0) is 9.53 Å². The third-order valence-electron chi connectivity index (χ3n) is 2.56. The monoisotopic (exact) mass is 277 g/mol. The SMILES string of the molecule is COC(=O)/C(C#N)=C\c1ccc(OC)c(OC)c1OC. The number of benzene rings is 1. The van der Waals surface area contributed by atoms with E-state index in [1.54, 1.807) is 18.2 Å². The van der Waals surface area contributed by atoms with Gasteiger partial charge in [0, 0.05) is 5.56 Å². The molecule has 0 aromatic heterocycles. The molecule has 6 nitrogen and oxygen atoms in total. The van der Waals surface area contributed by atoms with Crippen LogP contribution in [0.4, 0.5) is 0 Å². The third-order valence-corrected chi connectivity index (χ3v) is 2.56. The molecule has 0 fully saturated rings. The molecule has 0 aliphatic carbocycles. The summed E-state index contributed by atoms with van der Waals surface area (Å²) in [6, 6.07) is 5.08. The van der Waals surface area contributed by atoms with Gasteiger partial charge in [-0.1, -0.05) is 0 Å². The second-order valence-electron chi connectivity index (χ2n) is 3.58. The highest BCUT2D eigenvalue weighted by Gasteiger charge is 2.17. The number of hydrogen-bond acceptors (Lipinski definition) is 6. The van der Waals surface area contributed by atoms with Gasteiger partial charge in [-0.2, -0.15) is 5.26 Å². The van der Waals surface area contributed by atoms with E-state index in [0.717, 1.165) is 0 Å². The lowest BCUT2D eigenvalue weighted by Gasteiger charge is -2.14. The lowest BCUT2D eigenvalue weighted by molar-refractivity contribution is -0.135. The zero-order valence-corrected chi connectivity index (χ0v) is 11.7. The van der Waals surface area contributed by atoms with Gasteiger partial charge in [0.05, 0.1) is 28.4 Å². The fourth-order valence-electron chi connectivity index (χ4n) is 1.64. The van der Waals surface area contributed by atoms with Gasteiger partial charge >= 0.3 is 5.97 Å². The summed E-state index contributed by atoms with van der Waals surface area (Å²) in [5.41, 5.74) is 0.366. The fourth-order valence-corrected chi connectivity index (χ4v) is 1.64. The predicted octanol–water partition coefficient (Wildman–Crippen LogP) is 1.79. The smallest absolute Gasteiger partial charge is 0.348 e. The zero-order chi connectivity index (χ0) is 15.1. The first-order valence-electron chi connectivity index (χ1n) is 5.62. The van der Waals surface area contributed by atoms with Crippen LogP contribution in [0, 0.1) is 11.3 Å². The molecule has 0 bridgehead atoms. The molecule has 1 aromatic rings. The molecular weight excluding hydrogens is 262 g/mol. The maximum atomic E-state index is 11.4. The molecule has 0 saturated carbocycles. The van der Waals surface area contributed by atoms with E-state index in [9.17, 15) is 4.79 Å². The average Bonchev–Trinajstić information content (AvgIpc) is 2.50. The van der Waals surface area contributed by atoms with E-state index < -0.39 is 5.97 Å². The fraction of sp³-hybridized carbons (Fsp3) is 0.286. The van der Waals surface area contributed by atoms with Crippen LogP contribution in [0.25, 0.3) is 6.08 Å². The number of carbonyl (C=O) groups is 1. The van der Waals surface area contributed by atoms with E-state index in [4.69, 9.17) is 19.5 Å². The minimum absolute atomic E-state index is 0.141. The quantitative estimate of drug-likeness (QED) is 0.464. The van der Waals surface area contributed by atoms with Gasteiger partial charge in [0.25, 0.3) is 0 Å². The van der Waals surface area contributed by atoms with Crippen LogP contribution < -0.4 is 14.2 Å². The molecule has 6 heteroatoms. The Bertz CT molecular complexity index is 572. The molecule has 0 radical (unpaired) electrons. The highest BCUT2D eigenvalue weighted by molar-refractivity contribution is 5.98. The summed E-state index contributed by atoms with van der Waals surface area (Å²) < 4.78 is 20.2. The molecule has 0 N–H and O–H groups in total. The van der Waals surface area contributed by atoms with Gasteiger partial charge in [0.1, 0.15) is 11.6 Å². The van der Waals surface area contributed by atoms with Crippen molar-refractivity contribution in [1.82, 2.24) is 0 Å². The van der Waals surface area contributed by atoms with Crippen molar-refractivity contribution in [1.29, 1.82) is 5.26 Å². The Hall–Kier alpha value is -2.68. The van der Waals surface area contributed by atoms with E-state index in [0.29, 0.717) is 22.8 Å². The van der Waals surface area contributed by atoms with Gasteiger partial charge in [-0.3, -0.25) is 0 Å². The Morgan fingerprint density at radius 2 is 1.75 bits per heavy atom. The molecule has 0 spiro atoms. The third kappa shape index (κ3) is 3.01. The number of ether oxygens (including phenoxy) is 4. The topological polar surface area (TPSA) is 77.8 Å². The van der Waals surface area contributed by atoms with Crippen molar-refractivity contribution in [2.45, 2.75) is 0 Å². The highest BCUT2D eigenvalue weighted by atomic mass is 16.5. The van der Waals surface area contributed by atoms with Crippen molar-refractivity contribution in [2.24, 2.45) is 0 Å². The van der Waals surface area contributed by atoms with Crippen molar-refractivity contribution < 1.29 is 23.7 Å². The minimum atomic E-state index is -0.718. The molecule has 1 rings (SSSR count). The molecule has 0 heterocycles. The standard InChI is InChI=1S/C14H15NO5/c1-17-11-6-5-9(12(18-2)13(11)19-3)7-10(8-15)14(16)20-4/h5-7H,1-4H3/b10-7-. The molecule has 0 aliphatic heterocycles. The van der Waals surface area contributed by atoms with Gasteiger partial charge in [-0.05, 0) is 18.2 Å². The summed E-state index contributed by atoms with van der Waals surface area (Å²) in [6.45, 7) is 0. The second-order valence-corrected chi connectivity index (χ2v) is 3.58. The Balaban J connectivity index is 3.43. The van der Waals surface area contributed by atoms with Crippen molar-refractivity contribution >= 4 is 12.0 Å². The molecule has 0 unspecified atom stereocenters. The highest BCUT2D eigenvalue weighted by Crippen LogP contribution is 2.40. The lowest BCUT2D eigenvalue weighted by atomic mass is 10.1. The van der Waals surface area contributed by atoms with Gasteiger partial charge in [-0.25, -0.2) is 4.79 Å². The Morgan fingerprint density at radius 3 is 2.20 bits per heavy atom. The summed E-state index contributed by atoms with van der Waals surface area (Å²) >= 11 is 0. The molecule has 106 valence electrons. The molecule has 0 saturated heterocycles. The average molecular weight is 277 g/mol. The summed E-state index contributed by atoms with van der Waals surface area (Å²) in [4.78, 5) is 11.4. The second kappa shape index (κ2) is 7.04. The van der Waals surface area contributed by atoms with Crippen molar-refractivity contribution in [2.75, 3.05) is 28.4 Å². The number of methoxy groups -OCH3 is 4. The van der Waals surface area contributed by atoms with Crippen LogP contribution in [0.3, 0.4) is 0 Å². The first-order valence-corrected chi connectivity index (χ1v) is 5.62. The van der Waals surface area contributed by atoms with Gasteiger partial charge in [-0.15, -0.1) is 0 Å². The maximum absolute atomic E-state index is 11.4. The summed E-state index contributed by atoms with van der Waals surface area (Å²) in [5, 5.41) is 8.96. The van der Waals surface area contributed by atoms with Crippen LogP contribution in [-0.4, -0.2) is 34.4 Å². The van der Waals surface area contributed by atoms with E-state index in [2.05, 4.69) is 4.74 Å². The first-order chi connectivity index (χ1) is 9.62. The minimum Gasteiger partial charge on any atom is -0.493 e. The summed E-state index contributed by atoms with van der Waals surface area (Å²) in [5.74, 6) is 0.511. The van der Waals surface area contributed by atoms with Crippen LogP contribution in [0.15, 0.2) is 17.7 Å². The van der Waals surface area contributed by atoms with Crippen molar-refractivity contribution in [3.05, 3.63) is 23.3 Å². The van der Waals surface area contributed by atoms with Crippen LogP contribution in [0.5, 0.6) is 17.2 Å². The largest absolute Gasteiger partial charge is 0.493 e. The van der Waals surface area contributed by atoms with Crippen LogP contribution in [0.2, 0.25) is 0 Å². The zero-order valence-electron chi connectivity index (χ0n) is 11.7. The lowest BCUT2D eigenvalue weighted by Crippen LogP contribution is -2.03. The van der Waals surface area contributed by atoms with Gasteiger partial charge in [0.15, 0.2) is 11.5 Å². The molecule has 1 aromatic carbocycles. The molecule has 20 heavy (non-hydrogen) atoms. The summed E-state index contributed by atoms with van der Waals surface area (Å²) in [7, 11) is 5.64. The Morgan fingerprint density at radius 1 is 1.10 bits per heavy atom. The van der Waals surface area contributed by atoms with Crippen LogP contribution >= 0.6 is 0 Å². The first kappa shape index (κ1) is 15.4. The Labute approximate surface area is 117 Å². The number of nitriles is 1. The predicted molar refractivity (Wildman–Crippen MR) is 71.7 cm³/mol. The number of nitrogens with zero attached hydrogens (tertiary/aromatic N) is 1. The Kier molecular flexibility index (Phi) is 5.42. The van der Waals surface area contributed by atoms with Gasteiger partial charge < -0.3 is 18.9 Å². The maximum Gasteiger partial charge on any atom is 0.348 e. The number of carbonyl (C=O) groups excluding carboxylic acids is 1. The van der Waals surface area contributed by atoms with E-state index in [1.165, 1.54) is 34.5 Å². The van der Waals surface area contributed by atoms with E-state index in [-0.39, 0.29) is 5.57 Å². The van der Waals surface area contributed by atoms with Gasteiger partial charge in [0.2, 0.25) is 5.75 Å². The van der Waals surface area contributed by atoms with E-state index in [1.807, 2.05) is 0 Å². The van der Waals surface area contributed by atoms with Crippen LogP contribution in [0.1, 0.15) is 5.56 Å². The van der Waals surface area contributed by atoms with Crippen molar-refractivity contribution in [3.63, 3.8) is 0 Å². The molecule has 0 amide bonds. The number of rotatable bonds is 5.